The quantitative estimate of drug-likeness (QED) is 0.521. The van der Waals surface area contributed by atoms with Crippen molar-refractivity contribution in [1.29, 1.82) is 0 Å². The highest BCUT2D eigenvalue weighted by atomic mass is 16.1. The van der Waals surface area contributed by atoms with Crippen LogP contribution >= 0.6 is 0 Å². The summed E-state index contributed by atoms with van der Waals surface area (Å²) in [5, 5.41) is 0. The van der Waals surface area contributed by atoms with E-state index in [0.29, 0.717) is 17.6 Å². The van der Waals surface area contributed by atoms with Gasteiger partial charge in [-0.15, -0.1) is 0 Å². The zero-order chi connectivity index (χ0) is 9.47. The van der Waals surface area contributed by atoms with E-state index in [1.807, 2.05) is 0 Å². The van der Waals surface area contributed by atoms with Gasteiger partial charge in [0.1, 0.15) is 5.78 Å². The first-order valence-corrected chi connectivity index (χ1v) is 5.33. The molecule has 3 atom stereocenters. The topological polar surface area (TPSA) is 17.1 Å². The van der Waals surface area contributed by atoms with E-state index in [0.717, 1.165) is 19.3 Å². The molecule has 0 heterocycles. The fourth-order valence-electron chi connectivity index (χ4n) is 3.19. The van der Waals surface area contributed by atoms with Crippen LogP contribution in [0.3, 0.4) is 0 Å². The van der Waals surface area contributed by atoms with Gasteiger partial charge >= 0.3 is 0 Å². The Hall–Kier alpha value is -0.590. The maximum absolute atomic E-state index is 11.8. The van der Waals surface area contributed by atoms with Gasteiger partial charge in [-0.2, -0.15) is 0 Å². The molecule has 0 N–H and O–H groups in total. The van der Waals surface area contributed by atoms with E-state index in [9.17, 15) is 4.79 Å². The van der Waals surface area contributed by atoms with Crippen LogP contribution in [-0.2, 0) is 4.79 Å². The molecule has 0 aromatic rings. The van der Waals surface area contributed by atoms with Crippen LogP contribution in [0.5, 0.6) is 0 Å². The highest BCUT2D eigenvalue weighted by molar-refractivity contribution is 5.83. The normalized spacial score (nSPS) is 44.6. The van der Waals surface area contributed by atoms with Crippen molar-refractivity contribution < 1.29 is 4.79 Å². The van der Waals surface area contributed by atoms with Crippen LogP contribution < -0.4 is 0 Å². The predicted octanol–water partition coefficient (Wildman–Crippen LogP) is 2.96. The van der Waals surface area contributed by atoms with Crippen LogP contribution in [0.2, 0.25) is 0 Å². The number of rotatable bonds is 0. The highest BCUT2D eigenvalue weighted by Crippen LogP contribution is 2.48. The summed E-state index contributed by atoms with van der Waals surface area (Å²) in [6.07, 6.45) is 8.74. The molecule has 2 aliphatic carbocycles. The second kappa shape index (κ2) is 2.97. The first kappa shape index (κ1) is 8.98. The van der Waals surface area contributed by atoms with Crippen molar-refractivity contribution in [3.63, 3.8) is 0 Å². The van der Waals surface area contributed by atoms with Gasteiger partial charge in [-0.05, 0) is 30.6 Å². The van der Waals surface area contributed by atoms with Gasteiger partial charge in [0.2, 0.25) is 0 Å². The number of ketones is 1. The van der Waals surface area contributed by atoms with Gasteiger partial charge < -0.3 is 0 Å². The van der Waals surface area contributed by atoms with Crippen LogP contribution in [0.1, 0.15) is 39.5 Å². The van der Waals surface area contributed by atoms with Crippen molar-refractivity contribution >= 4 is 5.78 Å². The van der Waals surface area contributed by atoms with Crippen molar-refractivity contribution in [3.05, 3.63) is 12.2 Å². The van der Waals surface area contributed by atoms with E-state index in [1.54, 1.807) is 0 Å². The molecular weight excluding hydrogens is 160 g/mol. The SMILES string of the molecule is C[C@H]1C=CC[C@@]2(C)CCCC(=O)[C@@H]12. The molecule has 1 nitrogen and oxygen atoms in total. The van der Waals surface area contributed by atoms with Crippen molar-refractivity contribution in [2.45, 2.75) is 39.5 Å². The smallest absolute Gasteiger partial charge is 0.137 e. The van der Waals surface area contributed by atoms with E-state index in [1.165, 1.54) is 6.42 Å². The minimum atomic E-state index is 0.281. The Labute approximate surface area is 80.2 Å². The predicted molar refractivity (Wildman–Crippen MR) is 53.4 cm³/mol. The molecule has 2 rings (SSSR count). The number of Topliss-reactive ketones (excluding diaryl/α,β-unsaturated/α-hetero) is 1. The largest absolute Gasteiger partial charge is 0.299 e. The Balaban J connectivity index is 2.32. The Morgan fingerprint density at radius 2 is 2.31 bits per heavy atom. The standard InChI is InChI=1S/C12H18O/c1-9-5-3-7-12(2)8-4-6-10(13)11(9)12/h3,5,9,11H,4,6-8H2,1-2H3/t9-,11+,12-/m0/s1. The number of carbonyl (C=O) groups is 1. The maximum atomic E-state index is 11.8. The van der Waals surface area contributed by atoms with Crippen molar-refractivity contribution in [2.75, 3.05) is 0 Å². The van der Waals surface area contributed by atoms with Gasteiger partial charge in [-0.25, -0.2) is 0 Å². The van der Waals surface area contributed by atoms with Crippen molar-refractivity contribution in [1.82, 2.24) is 0 Å². The minimum Gasteiger partial charge on any atom is -0.299 e. The van der Waals surface area contributed by atoms with E-state index in [2.05, 4.69) is 26.0 Å². The first-order valence-electron chi connectivity index (χ1n) is 5.33. The summed E-state index contributed by atoms with van der Waals surface area (Å²) in [5.41, 5.74) is 0.281. The van der Waals surface area contributed by atoms with Crippen LogP contribution in [0.25, 0.3) is 0 Å². The average molecular weight is 178 g/mol. The molecule has 0 aliphatic heterocycles. The van der Waals surface area contributed by atoms with Crippen molar-refractivity contribution in [3.8, 4) is 0 Å². The summed E-state index contributed by atoms with van der Waals surface area (Å²) in [6, 6.07) is 0. The monoisotopic (exact) mass is 178 g/mol. The second-order valence-corrected chi connectivity index (χ2v) is 4.94. The van der Waals surface area contributed by atoms with Crippen LogP contribution in [0.15, 0.2) is 12.2 Å². The number of carbonyl (C=O) groups excluding carboxylic acids is 1. The Kier molecular flexibility index (Phi) is 2.05. The molecule has 0 saturated heterocycles. The maximum Gasteiger partial charge on any atom is 0.137 e. The van der Waals surface area contributed by atoms with Gasteiger partial charge in [0.25, 0.3) is 0 Å². The third-order valence-corrected chi connectivity index (χ3v) is 3.82. The lowest BCUT2D eigenvalue weighted by molar-refractivity contribution is -0.132. The molecule has 0 spiro atoms. The van der Waals surface area contributed by atoms with Crippen LogP contribution in [0, 0.1) is 17.3 Å². The van der Waals surface area contributed by atoms with Crippen molar-refractivity contribution in [2.24, 2.45) is 17.3 Å². The van der Waals surface area contributed by atoms with Gasteiger partial charge in [-0.3, -0.25) is 4.79 Å². The molecular formula is C12H18O. The summed E-state index contributed by atoms with van der Waals surface area (Å²) < 4.78 is 0. The molecule has 0 aromatic carbocycles. The lowest BCUT2D eigenvalue weighted by Gasteiger charge is -2.44. The van der Waals surface area contributed by atoms with Crippen LogP contribution in [0.4, 0.5) is 0 Å². The summed E-state index contributed by atoms with van der Waals surface area (Å²) in [5.74, 6) is 1.28. The third kappa shape index (κ3) is 1.34. The molecule has 0 bridgehead atoms. The number of hydrogen-bond donors (Lipinski definition) is 0. The summed E-state index contributed by atoms with van der Waals surface area (Å²) in [6.45, 7) is 4.47. The first-order chi connectivity index (χ1) is 6.13. The molecule has 72 valence electrons. The summed E-state index contributed by atoms with van der Waals surface area (Å²) in [7, 11) is 0. The second-order valence-electron chi connectivity index (χ2n) is 4.94. The molecule has 1 fully saturated rings. The van der Waals surface area contributed by atoms with E-state index in [4.69, 9.17) is 0 Å². The number of allylic oxidation sites excluding steroid dienone is 2. The molecule has 1 saturated carbocycles. The minimum absolute atomic E-state index is 0.281. The van der Waals surface area contributed by atoms with Crippen LogP contribution in [-0.4, -0.2) is 5.78 Å². The zero-order valence-electron chi connectivity index (χ0n) is 8.55. The molecule has 13 heavy (non-hydrogen) atoms. The fourth-order valence-corrected chi connectivity index (χ4v) is 3.19. The van der Waals surface area contributed by atoms with Gasteiger partial charge in [0.15, 0.2) is 0 Å². The fraction of sp³-hybridized carbons (Fsp3) is 0.750. The van der Waals surface area contributed by atoms with E-state index >= 15 is 0 Å². The molecule has 2 aliphatic rings. The molecule has 0 amide bonds. The van der Waals surface area contributed by atoms with E-state index < -0.39 is 0 Å². The lowest BCUT2D eigenvalue weighted by atomic mass is 9.59. The van der Waals surface area contributed by atoms with Gasteiger partial charge in [0.05, 0.1) is 0 Å². The molecule has 0 aromatic heterocycles. The molecule has 0 radical (unpaired) electrons. The number of fused-ring (bicyclic) bond motifs is 1. The third-order valence-electron chi connectivity index (χ3n) is 3.82. The zero-order valence-corrected chi connectivity index (χ0v) is 8.55. The summed E-state index contributed by atoms with van der Waals surface area (Å²) >= 11 is 0. The molecule has 0 unspecified atom stereocenters. The Morgan fingerprint density at radius 1 is 1.54 bits per heavy atom. The number of hydrogen-bond acceptors (Lipinski definition) is 1. The van der Waals surface area contributed by atoms with Gasteiger partial charge in [-0.1, -0.05) is 26.0 Å². The lowest BCUT2D eigenvalue weighted by Crippen LogP contribution is -2.42. The van der Waals surface area contributed by atoms with Gasteiger partial charge in [0, 0.05) is 12.3 Å². The Morgan fingerprint density at radius 3 is 3.00 bits per heavy atom. The molecule has 1 heteroatoms. The summed E-state index contributed by atoms with van der Waals surface area (Å²) in [4.78, 5) is 11.8. The van der Waals surface area contributed by atoms with E-state index in [-0.39, 0.29) is 5.41 Å². The Bertz CT molecular complexity index is 254. The highest BCUT2D eigenvalue weighted by Gasteiger charge is 2.44. The average Bonchev–Trinajstić information content (AvgIpc) is 2.02.